The molecule has 0 saturated heterocycles. The summed E-state index contributed by atoms with van der Waals surface area (Å²) >= 11 is 0. The largest absolute Gasteiger partial charge is 0.398 e. The predicted octanol–water partition coefficient (Wildman–Crippen LogP) is 2.82. The van der Waals surface area contributed by atoms with E-state index in [1.807, 2.05) is 13.8 Å². The van der Waals surface area contributed by atoms with Gasteiger partial charge in [0, 0.05) is 17.0 Å². The van der Waals surface area contributed by atoms with Gasteiger partial charge in [-0.25, -0.2) is 4.39 Å². The summed E-state index contributed by atoms with van der Waals surface area (Å²) in [4.78, 5) is 0. The molecule has 0 aliphatic heterocycles. The Morgan fingerprint density at radius 2 is 1.92 bits per heavy atom. The average molecular weight is 182 g/mol. The fourth-order valence-electron chi connectivity index (χ4n) is 0.875. The molecule has 0 radical (unpaired) electrons. The van der Waals surface area contributed by atoms with E-state index in [9.17, 15) is 4.39 Å². The van der Waals surface area contributed by atoms with Crippen molar-refractivity contribution in [1.82, 2.24) is 0 Å². The molecule has 0 aliphatic rings. The Balaban J connectivity index is 0.000000671. The van der Waals surface area contributed by atoms with E-state index >= 15 is 0 Å². The Morgan fingerprint density at radius 3 is 2.31 bits per heavy atom. The third-order valence-electron chi connectivity index (χ3n) is 1.42. The number of rotatable bonds is 1. The summed E-state index contributed by atoms with van der Waals surface area (Å²) in [5.41, 5.74) is 6.70. The van der Waals surface area contributed by atoms with Crippen LogP contribution >= 0.6 is 0 Å². The SMILES string of the molecule is CC.CC(=N)c1ccc(F)cc1N. The van der Waals surface area contributed by atoms with Crippen molar-refractivity contribution >= 4 is 11.4 Å². The normalized spacial score (nSPS) is 8.62. The third-order valence-corrected chi connectivity index (χ3v) is 1.42. The van der Waals surface area contributed by atoms with E-state index in [-0.39, 0.29) is 5.82 Å². The van der Waals surface area contributed by atoms with Crippen LogP contribution in [-0.4, -0.2) is 5.71 Å². The fourth-order valence-corrected chi connectivity index (χ4v) is 0.875. The van der Waals surface area contributed by atoms with Crippen LogP contribution in [0.5, 0.6) is 0 Å². The molecule has 0 atom stereocenters. The van der Waals surface area contributed by atoms with Crippen molar-refractivity contribution in [3.63, 3.8) is 0 Å². The van der Waals surface area contributed by atoms with E-state index < -0.39 is 0 Å². The van der Waals surface area contributed by atoms with E-state index in [4.69, 9.17) is 11.1 Å². The second-order valence-corrected chi connectivity index (χ2v) is 2.36. The quantitative estimate of drug-likeness (QED) is 0.509. The summed E-state index contributed by atoms with van der Waals surface area (Å²) in [5, 5.41) is 7.24. The zero-order valence-electron chi connectivity index (χ0n) is 8.19. The summed E-state index contributed by atoms with van der Waals surface area (Å²) in [6, 6.07) is 4.02. The van der Waals surface area contributed by atoms with Crippen molar-refractivity contribution in [2.75, 3.05) is 5.73 Å². The fraction of sp³-hybridized carbons (Fsp3) is 0.300. The van der Waals surface area contributed by atoms with Gasteiger partial charge in [-0.05, 0) is 25.1 Å². The van der Waals surface area contributed by atoms with Crippen molar-refractivity contribution in [3.8, 4) is 0 Å². The lowest BCUT2D eigenvalue weighted by Crippen LogP contribution is -1.99. The number of nitrogen functional groups attached to an aromatic ring is 1. The molecule has 0 heterocycles. The van der Waals surface area contributed by atoms with Crippen LogP contribution in [-0.2, 0) is 0 Å². The van der Waals surface area contributed by atoms with Crippen LogP contribution < -0.4 is 5.73 Å². The van der Waals surface area contributed by atoms with Crippen molar-refractivity contribution in [2.45, 2.75) is 20.8 Å². The second-order valence-electron chi connectivity index (χ2n) is 2.36. The van der Waals surface area contributed by atoms with Crippen LogP contribution in [0.3, 0.4) is 0 Å². The number of nitrogens with one attached hydrogen (secondary N) is 1. The minimum Gasteiger partial charge on any atom is -0.398 e. The monoisotopic (exact) mass is 182 g/mol. The molecule has 0 unspecified atom stereocenters. The summed E-state index contributed by atoms with van der Waals surface area (Å²) in [6.45, 7) is 5.61. The lowest BCUT2D eigenvalue weighted by atomic mass is 10.1. The molecule has 0 spiro atoms. The lowest BCUT2D eigenvalue weighted by Gasteiger charge is -2.01. The summed E-state index contributed by atoms with van der Waals surface area (Å²) < 4.78 is 12.5. The Hall–Kier alpha value is -1.38. The van der Waals surface area contributed by atoms with Gasteiger partial charge in [-0.15, -0.1) is 0 Å². The molecule has 0 bridgehead atoms. The Morgan fingerprint density at radius 1 is 1.38 bits per heavy atom. The first-order valence-corrected chi connectivity index (χ1v) is 4.22. The van der Waals surface area contributed by atoms with Gasteiger partial charge in [0.15, 0.2) is 0 Å². The molecule has 3 heteroatoms. The topological polar surface area (TPSA) is 49.9 Å². The number of hydrogen-bond donors (Lipinski definition) is 2. The molecule has 13 heavy (non-hydrogen) atoms. The first-order chi connectivity index (χ1) is 6.11. The molecular weight excluding hydrogens is 167 g/mol. The summed E-state index contributed by atoms with van der Waals surface area (Å²) in [5.74, 6) is -0.368. The van der Waals surface area contributed by atoms with Crippen molar-refractivity contribution in [2.24, 2.45) is 0 Å². The van der Waals surface area contributed by atoms with Crippen LogP contribution in [0.2, 0.25) is 0 Å². The molecule has 1 rings (SSSR count). The van der Waals surface area contributed by atoms with Gasteiger partial charge < -0.3 is 11.1 Å². The van der Waals surface area contributed by atoms with Crippen molar-refractivity contribution in [3.05, 3.63) is 29.6 Å². The van der Waals surface area contributed by atoms with E-state index in [2.05, 4.69) is 0 Å². The number of hydrogen-bond acceptors (Lipinski definition) is 2. The minimum atomic E-state index is -0.368. The molecule has 0 amide bonds. The van der Waals surface area contributed by atoms with Gasteiger partial charge >= 0.3 is 0 Å². The van der Waals surface area contributed by atoms with Gasteiger partial charge in [0.1, 0.15) is 5.82 Å². The Labute approximate surface area is 78.1 Å². The van der Waals surface area contributed by atoms with Crippen LogP contribution in [0.15, 0.2) is 18.2 Å². The highest BCUT2D eigenvalue weighted by Gasteiger charge is 2.01. The van der Waals surface area contributed by atoms with Crippen molar-refractivity contribution < 1.29 is 4.39 Å². The predicted molar refractivity (Wildman–Crippen MR) is 54.7 cm³/mol. The number of nitrogens with two attached hydrogens (primary N) is 1. The molecule has 1 aromatic carbocycles. The summed E-state index contributed by atoms with van der Waals surface area (Å²) in [7, 11) is 0. The number of benzene rings is 1. The standard InChI is InChI=1S/C8H9FN2.C2H6/c1-5(10)7-3-2-6(9)4-8(7)11;1-2/h2-4,10H,11H2,1H3;1-2H3. The highest BCUT2D eigenvalue weighted by atomic mass is 19.1. The zero-order chi connectivity index (χ0) is 10.4. The maximum atomic E-state index is 12.5. The first-order valence-electron chi connectivity index (χ1n) is 4.22. The van der Waals surface area contributed by atoms with E-state index in [0.717, 1.165) is 0 Å². The van der Waals surface area contributed by atoms with Crippen LogP contribution in [0, 0.1) is 11.2 Å². The molecular formula is C10H15FN2. The Kier molecular flexibility index (Phi) is 4.74. The van der Waals surface area contributed by atoms with Gasteiger partial charge in [0.05, 0.1) is 0 Å². The maximum Gasteiger partial charge on any atom is 0.125 e. The smallest absolute Gasteiger partial charge is 0.125 e. The number of anilines is 1. The molecule has 2 nitrogen and oxygen atoms in total. The molecule has 0 aromatic heterocycles. The highest BCUT2D eigenvalue weighted by Crippen LogP contribution is 2.13. The van der Waals surface area contributed by atoms with E-state index in [0.29, 0.717) is 17.0 Å². The Bertz CT molecular complexity index is 295. The van der Waals surface area contributed by atoms with Crippen molar-refractivity contribution in [1.29, 1.82) is 5.41 Å². The maximum absolute atomic E-state index is 12.5. The second kappa shape index (κ2) is 5.30. The summed E-state index contributed by atoms with van der Waals surface area (Å²) in [6.07, 6.45) is 0. The lowest BCUT2D eigenvalue weighted by molar-refractivity contribution is 0.628. The molecule has 3 N–H and O–H groups in total. The third kappa shape index (κ3) is 3.23. The van der Waals surface area contributed by atoms with Gasteiger partial charge in [-0.1, -0.05) is 13.8 Å². The molecule has 1 aromatic rings. The van der Waals surface area contributed by atoms with Crippen LogP contribution in [0.1, 0.15) is 26.3 Å². The van der Waals surface area contributed by atoms with E-state index in [1.165, 1.54) is 18.2 Å². The van der Waals surface area contributed by atoms with Gasteiger partial charge in [0.2, 0.25) is 0 Å². The highest BCUT2D eigenvalue weighted by molar-refractivity contribution is 6.00. The van der Waals surface area contributed by atoms with Gasteiger partial charge in [-0.2, -0.15) is 0 Å². The van der Waals surface area contributed by atoms with E-state index in [1.54, 1.807) is 6.92 Å². The minimum absolute atomic E-state index is 0.317. The molecule has 0 fully saturated rings. The van der Waals surface area contributed by atoms with Crippen LogP contribution in [0.25, 0.3) is 0 Å². The van der Waals surface area contributed by atoms with Crippen LogP contribution in [0.4, 0.5) is 10.1 Å². The first kappa shape index (κ1) is 11.6. The zero-order valence-corrected chi connectivity index (χ0v) is 8.19. The average Bonchev–Trinajstić information content (AvgIpc) is 2.07. The molecule has 0 aliphatic carbocycles. The van der Waals surface area contributed by atoms with Gasteiger partial charge in [-0.3, -0.25) is 0 Å². The number of halogens is 1. The molecule has 72 valence electrons. The van der Waals surface area contributed by atoms with Gasteiger partial charge in [0.25, 0.3) is 0 Å². The molecule has 0 saturated carbocycles.